The van der Waals surface area contributed by atoms with Gasteiger partial charge in [-0.25, -0.2) is 8.78 Å². The number of nitriles is 1. The van der Waals surface area contributed by atoms with Gasteiger partial charge in [-0.15, -0.1) is 11.3 Å². The number of pyridine rings is 1. The van der Waals surface area contributed by atoms with Crippen LogP contribution in [0.2, 0.25) is 0 Å². The van der Waals surface area contributed by atoms with Gasteiger partial charge in [0.15, 0.2) is 11.6 Å². The van der Waals surface area contributed by atoms with E-state index in [0.29, 0.717) is 16.8 Å². The van der Waals surface area contributed by atoms with Crippen molar-refractivity contribution in [1.82, 2.24) is 25.2 Å². The van der Waals surface area contributed by atoms with Crippen LogP contribution in [-0.4, -0.2) is 70.8 Å². The van der Waals surface area contributed by atoms with Crippen LogP contribution in [0, 0.1) is 23.0 Å². The second-order valence-corrected chi connectivity index (χ2v) is 13.3. The molecule has 228 valence electrons. The molecule has 0 radical (unpaired) electrons. The maximum Gasteiger partial charge on any atom is 0.319 e. The third kappa shape index (κ3) is 4.08. The minimum absolute atomic E-state index is 0.0819. The van der Waals surface area contributed by atoms with E-state index >= 15 is 4.39 Å². The van der Waals surface area contributed by atoms with Gasteiger partial charge in [-0.1, -0.05) is 0 Å². The van der Waals surface area contributed by atoms with E-state index in [1.165, 1.54) is 0 Å². The fourth-order valence-corrected chi connectivity index (χ4v) is 8.69. The van der Waals surface area contributed by atoms with Crippen molar-refractivity contribution in [3.05, 3.63) is 34.5 Å². The van der Waals surface area contributed by atoms with Crippen molar-refractivity contribution >= 4 is 43.1 Å². The van der Waals surface area contributed by atoms with E-state index in [1.54, 1.807) is 0 Å². The smallest absolute Gasteiger partial charge is 0.319 e. The molecular formula is C31H32F2N8O2S. The van der Waals surface area contributed by atoms with Crippen molar-refractivity contribution < 1.29 is 18.3 Å². The number of anilines is 2. The van der Waals surface area contributed by atoms with Crippen LogP contribution in [0.4, 0.5) is 19.6 Å². The molecule has 0 saturated carbocycles. The first-order chi connectivity index (χ1) is 21.4. The summed E-state index contributed by atoms with van der Waals surface area (Å²) in [5.74, 6) is -0.579. The number of piperazine rings is 1. The molecule has 1 aromatic carbocycles. The number of nitrogen functional groups attached to an aromatic ring is 1. The van der Waals surface area contributed by atoms with Gasteiger partial charge in [0.2, 0.25) is 0 Å². The van der Waals surface area contributed by atoms with Crippen molar-refractivity contribution in [2.45, 2.75) is 70.1 Å². The quantitative estimate of drug-likeness (QED) is 0.331. The summed E-state index contributed by atoms with van der Waals surface area (Å²) < 4.78 is 44.7. The van der Waals surface area contributed by atoms with Gasteiger partial charge in [0.05, 0.1) is 40.8 Å². The third-order valence-electron chi connectivity index (χ3n) is 9.84. The number of ether oxygens (including phenoxy) is 2. The average Bonchev–Trinajstić information content (AvgIpc) is 3.79. The Balaban J connectivity index is 1.39. The summed E-state index contributed by atoms with van der Waals surface area (Å²) >= 11 is 0.956. The number of fused-ring (bicyclic) bond motifs is 6. The van der Waals surface area contributed by atoms with Crippen LogP contribution in [0.3, 0.4) is 0 Å². The molecule has 4 aliphatic rings. The zero-order valence-corrected chi connectivity index (χ0v) is 25.3. The SMILES string of the molecule is C[C@@H](Oc1nc(N2C3CCC2CNC3)c2c3c(c(-c4ncc(F)c5sc(N)c(C#N)c45)c(F)c2n1)COC3)[C@@H]1CCCN1C. The zero-order valence-electron chi connectivity index (χ0n) is 24.5. The lowest BCUT2D eigenvalue weighted by molar-refractivity contribution is 0.112. The summed E-state index contributed by atoms with van der Waals surface area (Å²) in [5.41, 5.74) is 7.98. The first kappa shape index (κ1) is 27.8. The Bertz CT molecular complexity index is 1860. The van der Waals surface area contributed by atoms with E-state index in [4.69, 9.17) is 25.2 Å². The van der Waals surface area contributed by atoms with Crippen molar-refractivity contribution in [3.8, 4) is 23.3 Å². The van der Waals surface area contributed by atoms with Gasteiger partial charge < -0.3 is 25.4 Å². The van der Waals surface area contributed by atoms with E-state index in [0.717, 1.165) is 68.4 Å². The van der Waals surface area contributed by atoms with Crippen LogP contribution < -0.4 is 20.7 Å². The Morgan fingerprint density at radius 1 is 1.16 bits per heavy atom. The number of aromatic nitrogens is 3. The number of nitrogens with zero attached hydrogens (tertiary/aromatic N) is 6. The molecule has 3 saturated heterocycles. The number of rotatable bonds is 5. The number of hydrogen-bond donors (Lipinski definition) is 2. The molecule has 2 bridgehead atoms. The highest BCUT2D eigenvalue weighted by Crippen LogP contribution is 2.47. The minimum Gasteiger partial charge on any atom is -0.459 e. The van der Waals surface area contributed by atoms with E-state index in [1.807, 2.05) is 6.92 Å². The second-order valence-electron chi connectivity index (χ2n) is 12.3. The average molecular weight is 619 g/mol. The first-order valence-corrected chi connectivity index (χ1v) is 15.9. The van der Waals surface area contributed by atoms with E-state index in [-0.39, 0.29) is 80.9 Å². The molecule has 44 heavy (non-hydrogen) atoms. The maximum atomic E-state index is 17.2. The predicted octanol–water partition coefficient (Wildman–Crippen LogP) is 4.47. The highest BCUT2D eigenvalue weighted by atomic mass is 32.1. The fourth-order valence-electron chi connectivity index (χ4n) is 7.76. The minimum atomic E-state index is -0.625. The van der Waals surface area contributed by atoms with Gasteiger partial charge in [0, 0.05) is 42.2 Å². The number of hydrogen-bond acceptors (Lipinski definition) is 11. The van der Waals surface area contributed by atoms with Gasteiger partial charge in [0.1, 0.15) is 28.5 Å². The normalized spacial score (nSPS) is 23.9. The van der Waals surface area contributed by atoms with Crippen molar-refractivity contribution in [2.24, 2.45) is 0 Å². The van der Waals surface area contributed by atoms with E-state index in [9.17, 15) is 9.65 Å². The molecule has 13 heteroatoms. The van der Waals surface area contributed by atoms with Crippen LogP contribution in [0.1, 0.15) is 49.3 Å². The largest absolute Gasteiger partial charge is 0.459 e. The van der Waals surface area contributed by atoms with E-state index < -0.39 is 11.6 Å². The molecule has 7 heterocycles. The molecule has 0 aliphatic carbocycles. The fraction of sp³-hybridized carbons (Fsp3) is 0.484. The van der Waals surface area contributed by atoms with Crippen molar-refractivity contribution in [3.63, 3.8) is 0 Å². The van der Waals surface area contributed by atoms with Crippen LogP contribution in [0.5, 0.6) is 6.01 Å². The van der Waals surface area contributed by atoms with Gasteiger partial charge in [-0.2, -0.15) is 15.2 Å². The summed E-state index contributed by atoms with van der Waals surface area (Å²) in [6, 6.07) is 2.82. The zero-order chi connectivity index (χ0) is 30.3. The molecule has 3 aromatic heterocycles. The molecule has 0 amide bonds. The number of nitrogens with two attached hydrogens (primary N) is 1. The molecule has 3 N–H and O–H groups in total. The standard InChI is InChI=1S/C31H32F2N8O2S/c1-14(21-4-3-7-40(21)2)43-31-38-27-24(30(39-31)41-15-5-6-16(41)10-36-9-15)19-13-42-12-18(19)22(25(27)33)26-23-17(8-34)29(35)44-28(23)20(32)11-37-26/h11,14-16,21,36H,3-7,9-10,12-13,35H2,1-2H3/t14-,15?,16?,21+/m1/s1. The Morgan fingerprint density at radius 3 is 2.66 bits per heavy atom. The molecule has 2 unspecified atom stereocenters. The number of nitrogens with one attached hydrogen (secondary N) is 1. The lowest BCUT2D eigenvalue weighted by atomic mass is 9.93. The summed E-state index contributed by atoms with van der Waals surface area (Å²) in [4.78, 5) is 18.7. The molecule has 0 spiro atoms. The Labute approximate surface area is 256 Å². The molecular weight excluding hydrogens is 586 g/mol. The van der Waals surface area contributed by atoms with Crippen LogP contribution in [-0.2, 0) is 18.0 Å². The number of benzene rings is 1. The maximum absolute atomic E-state index is 17.2. The molecule has 4 atom stereocenters. The third-order valence-corrected chi connectivity index (χ3v) is 10.9. The van der Waals surface area contributed by atoms with Gasteiger partial charge >= 0.3 is 6.01 Å². The van der Waals surface area contributed by atoms with Gasteiger partial charge in [-0.3, -0.25) is 9.88 Å². The summed E-state index contributed by atoms with van der Waals surface area (Å²) in [7, 11) is 2.08. The first-order valence-electron chi connectivity index (χ1n) is 15.1. The summed E-state index contributed by atoms with van der Waals surface area (Å²) in [6.07, 6.45) is 4.95. The van der Waals surface area contributed by atoms with Crippen LogP contribution in [0.15, 0.2) is 6.20 Å². The lowest BCUT2D eigenvalue weighted by Crippen LogP contribution is -2.52. The molecule has 10 nitrogen and oxygen atoms in total. The van der Waals surface area contributed by atoms with Gasteiger partial charge in [0.25, 0.3) is 0 Å². The van der Waals surface area contributed by atoms with E-state index in [2.05, 4.69) is 33.2 Å². The Kier molecular flexibility index (Phi) is 6.60. The summed E-state index contributed by atoms with van der Waals surface area (Å²) in [5, 5.41) is 14.4. The molecule has 3 fully saturated rings. The van der Waals surface area contributed by atoms with Crippen molar-refractivity contribution in [1.29, 1.82) is 5.26 Å². The Hall–Kier alpha value is -3.70. The molecule has 4 aliphatic heterocycles. The lowest BCUT2D eigenvalue weighted by Gasteiger charge is -2.37. The number of halogens is 2. The van der Waals surface area contributed by atoms with Crippen LogP contribution >= 0.6 is 11.3 Å². The number of thiophene rings is 1. The highest BCUT2D eigenvalue weighted by Gasteiger charge is 2.41. The monoisotopic (exact) mass is 618 g/mol. The van der Waals surface area contributed by atoms with Gasteiger partial charge in [-0.05, 0) is 57.3 Å². The van der Waals surface area contributed by atoms with Crippen molar-refractivity contribution in [2.75, 3.05) is 37.3 Å². The summed E-state index contributed by atoms with van der Waals surface area (Å²) in [6.45, 7) is 5.01. The molecule has 8 rings (SSSR count). The van der Waals surface area contributed by atoms with Crippen LogP contribution in [0.25, 0.3) is 32.2 Å². The predicted molar refractivity (Wildman–Crippen MR) is 164 cm³/mol. The second kappa shape index (κ2) is 10.4. The molecule has 4 aromatic rings. The highest BCUT2D eigenvalue weighted by molar-refractivity contribution is 7.23. The number of likely N-dealkylation sites (tertiary alicyclic amines) is 1. The topological polar surface area (TPSA) is 125 Å². The Morgan fingerprint density at radius 2 is 1.93 bits per heavy atom. The number of likely N-dealkylation sites (N-methyl/N-ethyl adjacent to an activating group) is 1.